The van der Waals surface area contributed by atoms with Gasteiger partial charge in [0.15, 0.2) is 11.5 Å². The van der Waals surface area contributed by atoms with Gasteiger partial charge in [0.25, 0.3) is 5.91 Å². The topological polar surface area (TPSA) is 106 Å². The summed E-state index contributed by atoms with van der Waals surface area (Å²) >= 11 is 0. The van der Waals surface area contributed by atoms with Crippen LogP contribution >= 0.6 is 0 Å². The number of esters is 1. The number of amides is 1. The molecule has 1 aromatic carbocycles. The zero-order valence-electron chi connectivity index (χ0n) is 14.5. The average Bonchev–Trinajstić information content (AvgIpc) is 2.73. The molecule has 0 spiro atoms. The predicted molar refractivity (Wildman–Crippen MR) is 98.5 cm³/mol. The molecule has 0 radical (unpaired) electrons. The third kappa shape index (κ3) is 4.85. The molecule has 2 heterocycles. The van der Waals surface area contributed by atoms with Crippen molar-refractivity contribution < 1.29 is 14.3 Å². The van der Waals surface area contributed by atoms with Crippen molar-refractivity contribution in [2.45, 2.75) is 6.54 Å². The fourth-order valence-corrected chi connectivity index (χ4v) is 2.27. The maximum absolute atomic E-state index is 12.1. The van der Waals surface area contributed by atoms with E-state index >= 15 is 0 Å². The van der Waals surface area contributed by atoms with Crippen molar-refractivity contribution in [3.63, 3.8) is 0 Å². The Labute approximate surface area is 155 Å². The van der Waals surface area contributed by atoms with Crippen LogP contribution in [0.1, 0.15) is 26.5 Å². The molecule has 0 saturated heterocycles. The van der Waals surface area contributed by atoms with Gasteiger partial charge in [0.1, 0.15) is 0 Å². The number of benzene rings is 1. The zero-order valence-corrected chi connectivity index (χ0v) is 14.5. The van der Waals surface area contributed by atoms with Crippen LogP contribution in [0.3, 0.4) is 0 Å². The molecule has 3 aromatic rings. The summed E-state index contributed by atoms with van der Waals surface area (Å²) in [5.74, 6) is -0.324. The fourth-order valence-electron chi connectivity index (χ4n) is 2.27. The molecular weight excluding hydrogens is 346 g/mol. The van der Waals surface area contributed by atoms with Crippen LogP contribution in [0.4, 0.5) is 11.5 Å². The minimum Gasteiger partial charge on any atom is -0.465 e. The van der Waals surface area contributed by atoms with Gasteiger partial charge in [0.2, 0.25) is 0 Å². The Hall–Kier alpha value is -3.81. The number of methoxy groups -OCH3 is 1. The summed E-state index contributed by atoms with van der Waals surface area (Å²) in [6.07, 6.45) is 1.66. The lowest BCUT2D eigenvalue weighted by molar-refractivity contribution is 0.0600. The van der Waals surface area contributed by atoms with Crippen LogP contribution in [0.5, 0.6) is 0 Å². The molecule has 0 unspecified atom stereocenters. The molecule has 0 aliphatic rings. The van der Waals surface area contributed by atoms with Gasteiger partial charge >= 0.3 is 5.97 Å². The Bertz CT molecular complexity index is 930. The number of rotatable bonds is 6. The smallest absolute Gasteiger partial charge is 0.337 e. The van der Waals surface area contributed by atoms with Gasteiger partial charge in [-0.05, 0) is 42.5 Å². The highest BCUT2D eigenvalue weighted by molar-refractivity contribution is 5.92. The van der Waals surface area contributed by atoms with E-state index in [-0.39, 0.29) is 11.6 Å². The van der Waals surface area contributed by atoms with Crippen LogP contribution in [0.2, 0.25) is 0 Å². The maximum Gasteiger partial charge on any atom is 0.337 e. The van der Waals surface area contributed by atoms with Gasteiger partial charge in [-0.2, -0.15) is 0 Å². The van der Waals surface area contributed by atoms with E-state index in [1.165, 1.54) is 7.11 Å². The third-order valence-electron chi connectivity index (χ3n) is 3.61. The van der Waals surface area contributed by atoms with E-state index in [1.54, 1.807) is 42.6 Å². The van der Waals surface area contributed by atoms with E-state index in [2.05, 4.69) is 25.8 Å². The van der Waals surface area contributed by atoms with E-state index in [0.717, 1.165) is 5.69 Å². The Kier molecular flexibility index (Phi) is 5.68. The van der Waals surface area contributed by atoms with Gasteiger partial charge in [0, 0.05) is 11.9 Å². The second kappa shape index (κ2) is 8.52. The maximum atomic E-state index is 12.1. The fraction of sp³-hybridized carbons (Fsp3) is 0.105. The van der Waals surface area contributed by atoms with Gasteiger partial charge in [-0.25, -0.2) is 4.79 Å². The minimum absolute atomic E-state index is 0.194. The summed E-state index contributed by atoms with van der Waals surface area (Å²) in [4.78, 5) is 27.8. The molecule has 0 fully saturated rings. The molecular formula is C19H17N5O3. The first-order chi connectivity index (χ1) is 13.2. The second-order valence-corrected chi connectivity index (χ2v) is 5.50. The van der Waals surface area contributed by atoms with Crippen LogP contribution in [0, 0.1) is 0 Å². The molecule has 0 saturated carbocycles. The number of carbonyl (C=O) groups is 2. The normalized spacial score (nSPS) is 10.1. The van der Waals surface area contributed by atoms with Crippen molar-refractivity contribution >= 4 is 23.4 Å². The van der Waals surface area contributed by atoms with Gasteiger partial charge in [-0.3, -0.25) is 9.78 Å². The number of anilines is 2. The third-order valence-corrected chi connectivity index (χ3v) is 3.61. The van der Waals surface area contributed by atoms with E-state index in [9.17, 15) is 9.59 Å². The molecule has 8 heteroatoms. The van der Waals surface area contributed by atoms with Crippen LogP contribution in [-0.4, -0.2) is 34.2 Å². The van der Waals surface area contributed by atoms with Crippen molar-refractivity contribution in [1.29, 1.82) is 0 Å². The molecule has 2 N–H and O–H groups in total. The Morgan fingerprint density at radius 1 is 1.04 bits per heavy atom. The standard InChI is InChI=1S/C19H17N5O3/c1-27-19(26)13-5-4-7-14(11-13)22-17-9-8-16(23-24-17)18(25)21-12-15-6-2-3-10-20-15/h2-11H,12H2,1H3,(H,21,25)(H,22,24). The highest BCUT2D eigenvalue weighted by Gasteiger charge is 2.09. The van der Waals surface area contributed by atoms with Gasteiger partial charge in [0.05, 0.1) is 24.9 Å². The summed E-state index contributed by atoms with van der Waals surface area (Å²) < 4.78 is 4.69. The van der Waals surface area contributed by atoms with Crippen LogP contribution < -0.4 is 10.6 Å². The van der Waals surface area contributed by atoms with Crippen molar-refractivity contribution in [3.8, 4) is 0 Å². The lowest BCUT2D eigenvalue weighted by Crippen LogP contribution is -2.24. The van der Waals surface area contributed by atoms with Gasteiger partial charge in [-0.1, -0.05) is 12.1 Å². The first-order valence-electron chi connectivity index (χ1n) is 8.13. The summed E-state index contributed by atoms with van der Waals surface area (Å²) in [6, 6.07) is 15.5. The Balaban J connectivity index is 1.61. The molecule has 136 valence electrons. The first kappa shape index (κ1) is 18.0. The lowest BCUT2D eigenvalue weighted by Gasteiger charge is -2.07. The molecule has 0 aliphatic carbocycles. The van der Waals surface area contributed by atoms with E-state index in [4.69, 9.17) is 4.74 Å². The highest BCUT2D eigenvalue weighted by Crippen LogP contribution is 2.16. The predicted octanol–water partition coefficient (Wildman–Crippen LogP) is 2.33. The number of aromatic nitrogens is 3. The number of ether oxygens (including phenoxy) is 1. The van der Waals surface area contributed by atoms with Crippen LogP contribution in [-0.2, 0) is 11.3 Å². The number of nitrogens with zero attached hydrogens (tertiary/aromatic N) is 3. The van der Waals surface area contributed by atoms with Crippen molar-refractivity contribution in [2.75, 3.05) is 12.4 Å². The Morgan fingerprint density at radius 2 is 1.93 bits per heavy atom. The molecule has 0 aliphatic heterocycles. The van der Waals surface area contributed by atoms with Gasteiger partial charge in [-0.15, -0.1) is 10.2 Å². The highest BCUT2D eigenvalue weighted by atomic mass is 16.5. The SMILES string of the molecule is COC(=O)c1cccc(Nc2ccc(C(=O)NCc3ccccn3)nn2)c1. The largest absolute Gasteiger partial charge is 0.465 e. The monoisotopic (exact) mass is 363 g/mol. The minimum atomic E-state index is -0.426. The quantitative estimate of drug-likeness (QED) is 0.647. The van der Waals surface area contributed by atoms with Crippen molar-refractivity contribution in [2.24, 2.45) is 0 Å². The second-order valence-electron chi connectivity index (χ2n) is 5.50. The van der Waals surface area contributed by atoms with E-state index in [0.29, 0.717) is 23.6 Å². The van der Waals surface area contributed by atoms with E-state index < -0.39 is 5.97 Å². The number of pyridine rings is 1. The van der Waals surface area contributed by atoms with Crippen LogP contribution in [0.25, 0.3) is 0 Å². The average molecular weight is 363 g/mol. The lowest BCUT2D eigenvalue weighted by atomic mass is 10.2. The van der Waals surface area contributed by atoms with Gasteiger partial charge < -0.3 is 15.4 Å². The molecule has 3 rings (SSSR count). The van der Waals surface area contributed by atoms with Crippen LogP contribution in [0.15, 0.2) is 60.8 Å². The molecule has 27 heavy (non-hydrogen) atoms. The van der Waals surface area contributed by atoms with Crippen molar-refractivity contribution in [1.82, 2.24) is 20.5 Å². The summed E-state index contributed by atoms with van der Waals surface area (Å²) in [5, 5.41) is 13.7. The molecule has 0 atom stereocenters. The number of nitrogens with one attached hydrogen (secondary N) is 2. The number of carbonyl (C=O) groups excluding carboxylic acids is 2. The molecule has 1 amide bonds. The van der Waals surface area contributed by atoms with Crippen molar-refractivity contribution in [3.05, 3.63) is 77.7 Å². The molecule has 0 bridgehead atoms. The summed E-state index contributed by atoms with van der Waals surface area (Å²) in [7, 11) is 1.32. The van der Waals surface area contributed by atoms with E-state index in [1.807, 2.05) is 18.2 Å². The molecule has 2 aromatic heterocycles. The Morgan fingerprint density at radius 3 is 2.63 bits per heavy atom. The first-order valence-corrected chi connectivity index (χ1v) is 8.13. The molecule has 8 nitrogen and oxygen atoms in total. The summed E-state index contributed by atoms with van der Waals surface area (Å²) in [6.45, 7) is 0.307. The zero-order chi connectivity index (χ0) is 19.1. The summed E-state index contributed by atoms with van der Waals surface area (Å²) in [5.41, 5.74) is 2.02. The number of hydrogen-bond donors (Lipinski definition) is 2. The number of hydrogen-bond acceptors (Lipinski definition) is 7.